The van der Waals surface area contributed by atoms with Crippen LogP contribution in [0.15, 0.2) is 0 Å². The summed E-state index contributed by atoms with van der Waals surface area (Å²) in [6.07, 6.45) is 3.84. The zero-order valence-electron chi connectivity index (χ0n) is 10.6. The second-order valence-electron chi connectivity index (χ2n) is 4.72. The van der Waals surface area contributed by atoms with Crippen molar-refractivity contribution in [3.05, 3.63) is 0 Å². The summed E-state index contributed by atoms with van der Waals surface area (Å²) in [7, 11) is 1.80. The summed E-state index contributed by atoms with van der Waals surface area (Å²) in [5.74, 6) is 0.259. The largest absolute Gasteiger partial charge is 0.394 e. The Morgan fingerprint density at radius 2 is 2.24 bits per heavy atom. The number of hydrogen-bond donors (Lipinski definition) is 2. The van der Waals surface area contributed by atoms with Crippen LogP contribution in [0.4, 0.5) is 0 Å². The van der Waals surface area contributed by atoms with Crippen LogP contribution in [0, 0.1) is 5.92 Å². The highest BCUT2D eigenvalue weighted by Crippen LogP contribution is 2.24. The van der Waals surface area contributed by atoms with Crippen LogP contribution >= 0.6 is 0 Å². The monoisotopic (exact) mass is 244 g/mol. The molecule has 1 saturated carbocycles. The van der Waals surface area contributed by atoms with Gasteiger partial charge < -0.3 is 20.5 Å². The number of nitrogens with zero attached hydrogens (tertiary/aromatic N) is 1. The van der Waals surface area contributed by atoms with Gasteiger partial charge in [0.15, 0.2) is 0 Å². The number of aliphatic hydroxyl groups excluding tert-OH is 1. The first-order valence-electron chi connectivity index (χ1n) is 6.34. The fourth-order valence-corrected chi connectivity index (χ4v) is 2.24. The van der Waals surface area contributed by atoms with Crippen molar-refractivity contribution in [2.75, 3.05) is 33.4 Å². The van der Waals surface area contributed by atoms with Gasteiger partial charge in [0.2, 0.25) is 5.91 Å². The Morgan fingerprint density at radius 3 is 2.88 bits per heavy atom. The summed E-state index contributed by atoms with van der Waals surface area (Å²) in [5.41, 5.74) is 5.88. The first-order valence-corrected chi connectivity index (χ1v) is 6.34. The Morgan fingerprint density at radius 1 is 1.47 bits per heavy atom. The molecule has 1 rings (SSSR count). The van der Waals surface area contributed by atoms with Crippen LogP contribution in [0.5, 0.6) is 0 Å². The molecule has 1 aliphatic carbocycles. The molecule has 0 saturated heterocycles. The van der Waals surface area contributed by atoms with Gasteiger partial charge in [-0.1, -0.05) is 6.42 Å². The third-order valence-corrected chi connectivity index (χ3v) is 3.25. The minimum atomic E-state index is 0.0230. The third-order valence-electron chi connectivity index (χ3n) is 3.25. The number of amides is 1. The van der Waals surface area contributed by atoms with Crippen molar-refractivity contribution in [3.63, 3.8) is 0 Å². The lowest BCUT2D eigenvalue weighted by Gasteiger charge is -2.29. The highest BCUT2D eigenvalue weighted by molar-refractivity contribution is 5.78. The third kappa shape index (κ3) is 5.02. The number of likely N-dealkylation sites (N-methyl/N-ethyl adjacent to an activating group) is 1. The second kappa shape index (κ2) is 7.63. The first-order chi connectivity index (χ1) is 8.15. The molecule has 1 aliphatic rings. The van der Waals surface area contributed by atoms with Crippen LogP contribution in [-0.4, -0.2) is 55.4 Å². The standard InChI is InChI=1S/C12H24N2O3/c1-14(5-7-17-8-6-15)12(16)10-3-2-4-11(13)9-10/h10-11,15H,2-9,13H2,1H3. The minimum absolute atomic E-state index is 0.0230. The number of nitrogens with two attached hydrogens (primary N) is 1. The summed E-state index contributed by atoms with van der Waals surface area (Å²) in [4.78, 5) is 13.8. The quantitative estimate of drug-likeness (QED) is 0.643. The molecule has 0 bridgehead atoms. The van der Waals surface area contributed by atoms with E-state index >= 15 is 0 Å². The molecule has 5 nitrogen and oxygen atoms in total. The first kappa shape index (κ1) is 14.4. The van der Waals surface area contributed by atoms with Crippen LogP contribution in [0.2, 0.25) is 0 Å². The Bertz CT molecular complexity index is 236. The SMILES string of the molecule is CN(CCOCCO)C(=O)C1CCCC(N)C1. The van der Waals surface area contributed by atoms with E-state index < -0.39 is 0 Å². The van der Waals surface area contributed by atoms with Crippen LogP contribution < -0.4 is 5.73 Å². The zero-order chi connectivity index (χ0) is 12.7. The van der Waals surface area contributed by atoms with Crippen molar-refractivity contribution in [1.82, 2.24) is 4.90 Å². The summed E-state index contributed by atoms with van der Waals surface area (Å²) < 4.78 is 5.14. The highest BCUT2D eigenvalue weighted by atomic mass is 16.5. The van der Waals surface area contributed by atoms with Gasteiger partial charge in [0.1, 0.15) is 0 Å². The average molecular weight is 244 g/mol. The molecule has 0 aliphatic heterocycles. The van der Waals surface area contributed by atoms with E-state index in [4.69, 9.17) is 15.6 Å². The van der Waals surface area contributed by atoms with Crippen LogP contribution in [0.3, 0.4) is 0 Å². The van der Waals surface area contributed by atoms with Crippen molar-refractivity contribution < 1.29 is 14.6 Å². The second-order valence-corrected chi connectivity index (χ2v) is 4.72. The number of ether oxygens (including phenoxy) is 1. The molecule has 0 aromatic carbocycles. The molecule has 17 heavy (non-hydrogen) atoms. The molecule has 2 atom stereocenters. The smallest absolute Gasteiger partial charge is 0.225 e. The average Bonchev–Trinajstić information content (AvgIpc) is 2.33. The van der Waals surface area contributed by atoms with Crippen molar-refractivity contribution in [2.24, 2.45) is 11.7 Å². The molecule has 5 heteroatoms. The molecule has 1 amide bonds. The molecule has 0 aromatic heterocycles. The summed E-state index contributed by atoms with van der Waals surface area (Å²) in [6.45, 7) is 1.40. The fourth-order valence-electron chi connectivity index (χ4n) is 2.24. The maximum atomic E-state index is 12.1. The van der Waals surface area contributed by atoms with Gasteiger partial charge >= 0.3 is 0 Å². The lowest BCUT2D eigenvalue weighted by molar-refractivity contribution is -0.136. The van der Waals surface area contributed by atoms with Gasteiger partial charge in [-0.25, -0.2) is 0 Å². The molecular weight excluding hydrogens is 220 g/mol. The molecular formula is C12H24N2O3. The predicted octanol–water partition coefficient (Wildman–Crippen LogP) is -0.0288. The number of carbonyl (C=O) groups is 1. The van der Waals surface area contributed by atoms with E-state index in [1.54, 1.807) is 11.9 Å². The van der Waals surface area contributed by atoms with Crippen molar-refractivity contribution in [2.45, 2.75) is 31.7 Å². The molecule has 0 heterocycles. The van der Waals surface area contributed by atoms with Crippen LogP contribution in [0.1, 0.15) is 25.7 Å². The van der Waals surface area contributed by atoms with Gasteiger partial charge in [-0.05, 0) is 19.3 Å². The maximum absolute atomic E-state index is 12.1. The minimum Gasteiger partial charge on any atom is -0.394 e. The number of hydrogen-bond acceptors (Lipinski definition) is 4. The Kier molecular flexibility index (Phi) is 6.47. The Labute approximate surface area is 103 Å². The summed E-state index contributed by atoms with van der Waals surface area (Å²) in [6, 6.07) is 0.178. The van der Waals surface area contributed by atoms with E-state index in [0.717, 1.165) is 25.7 Å². The maximum Gasteiger partial charge on any atom is 0.225 e. The van der Waals surface area contributed by atoms with E-state index in [1.807, 2.05) is 0 Å². The van der Waals surface area contributed by atoms with E-state index in [0.29, 0.717) is 19.8 Å². The van der Waals surface area contributed by atoms with Crippen molar-refractivity contribution >= 4 is 5.91 Å². The van der Waals surface area contributed by atoms with Gasteiger partial charge in [0, 0.05) is 25.6 Å². The molecule has 0 radical (unpaired) electrons. The Balaban J connectivity index is 2.25. The lowest BCUT2D eigenvalue weighted by Crippen LogP contribution is -2.40. The molecule has 0 spiro atoms. The predicted molar refractivity (Wildman–Crippen MR) is 65.5 cm³/mol. The number of aliphatic hydroxyl groups is 1. The van der Waals surface area contributed by atoms with Gasteiger partial charge in [0.25, 0.3) is 0 Å². The van der Waals surface area contributed by atoms with E-state index in [1.165, 1.54) is 0 Å². The van der Waals surface area contributed by atoms with Gasteiger partial charge in [0.05, 0.1) is 19.8 Å². The Hall–Kier alpha value is -0.650. The topological polar surface area (TPSA) is 75.8 Å². The zero-order valence-corrected chi connectivity index (χ0v) is 10.6. The lowest BCUT2D eigenvalue weighted by atomic mass is 9.85. The summed E-state index contributed by atoms with van der Waals surface area (Å²) in [5, 5.41) is 8.55. The van der Waals surface area contributed by atoms with Crippen molar-refractivity contribution in [1.29, 1.82) is 0 Å². The number of carbonyl (C=O) groups excluding carboxylic acids is 1. The highest BCUT2D eigenvalue weighted by Gasteiger charge is 2.27. The van der Waals surface area contributed by atoms with Crippen LogP contribution in [0.25, 0.3) is 0 Å². The normalized spacial score (nSPS) is 24.6. The molecule has 100 valence electrons. The molecule has 0 aromatic rings. The van der Waals surface area contributed by atoms with E-state index in [9.17, 15) is 4.79 Å². The van der Waals surface area contributed by atoms with Crippen LogP contribution in [-0.2, 0) is 9.53 Å². The summed E-state index contributed by atoms with van der Waals surface area (Å²) >= 11 is 0. The van der Waals surface area contributed by atoms with Gasteiger partial charge in [-0.15, -0.1) is 0 Å². The van der Waals surface area contributed by atoms with E-state index in [2.05, 4.69) is 0 Å². The molecule has 3 N–H and O–H groups in total. The number of rotatable bonds is 6. The van der Waals surface area contributed by atoms with Crippen molar-refractivity contribution in [3.8, 4) is 0 Å². The van der Waals surface area contributed by atoms with Gasteiger partial charge in [-0.2, -0.15) is 0 Å². The van der Waals surface area contributed by atoms with Gasteiger partial charge in [-0.3, -0.25) is 4.79 Å². The molecule has 1 fully saturated rings. The molecule has 2 unspecified atom stereocenters. The fraction of sp³-hybridized carbons (Fsp3) is 0.917. The van der Waals surface area contributed by atoms with E-state index in [-0.39, 0.29) is 24.5 Å².